The van der Waals surface area contributed by atoms with Crippen LogP contribution in [0.3, 0.4) is 0 Å². The number of ether oxygens (including phenoxy) is 2. The third-order valence-electron chi connectivity index (χ3n) is 2.88. The summed E-state index contributed by atoms with van der Waals surface area (Å²) in [6, 6.07) is 3.71. The Morgan fingerprint density at radius 2 is 2.38 bits per heavy atom. The van der Waals surface area contributed by atoms with Crippen molar-refractivity contribution in [1.82, 2.24) is 0 Å². The molecule has 3 heteroatoms. The Morgan fingerprint density at radius 1 is 1.62 bits per heavy atom. The fraction of sp³-hybridized carbons (Fsp3) is 0.385. The summed E-state index contributed by atoms with van der Waals surface area (Å²) < 4.78 is 11.1. The van der Waals surface area contributed by atoms with Gasteiger partial charge in [0.15, 0.2) is 0 Å². The summed E-state index contributed by atoms with van der Waals surface area (Å²) in [7, 11) is 1.61. The van der Waals surface area contributed by atoms with Crippen molar-refractivity contribution in [3.05, 3.63) is 35.4 Å². The second-order valence-electron chi connectivity index (χ2n) is 4.05. The molecule has 0 saturated carbocycles. The van der Waals surface area contributed by atoms with Crippen LogP contribution < -0.4 is 9.47 Å². The lowest BCUT2D eigenvalue weighted by Gasteiger charge is -2.09. The minimum absolute atomic E-state index is 0.0197. The molecule has 1 aromatic carbocycles. The number of rotatable bonds is 3. The first kappa shape index (κ1) is 11.0. The van der Waals surface area contributed by atoms with E-state index in [1.165, 1.54) is 0 Å². The number of aliphatic hydroxyl groups excluding tert-OH is 1. The lowest BCUT2D eigenvalue weighted by molar-refractivity contribution is 0.270. The molecule has 2 rings (SSSR count). The van der Waals surface area contributed by atoms with Crippen LogP contribution in [0.2, 0.25) is 0 Å². The first-order valence-corrected chi connectivity index (χ1v) is 5.29. The van der Waals surface area contributed by atoms with E-state index in [2.05, 4.69) is 6.58 Å². The molecule has 1 heterocycles. The standard InChI is InChI=1S/C13H16O3/c1-8(2)12-6-10-11(16-12)5-4-9(7-14)13(10)15-3/h4-5,12,14H,1,6-7H2,2-3H3/t12-/m1/s1. The third kappa shape index (κ3) is 1.67. The van der Waals surface area contributed by atoms with Crippen LogP contribution in [0.5, 0.6) is 11.5 Å². The summed E-state index contributed by atoms with van der Waals surface area (Å²) in [5.74, 6) is 1.57. The largest absolute Gasteiger partial charge is 0.496 e. The van der Waals surface area contributed by atoms with E-state index < -0.39 is 0 Å². The molecule has 0 saturated heterocycles. The Hall–Kier alpha value is -1.48. The van der Waals surface area contributed by atoms with E-state index in [0.717, 1.165) is 34.6 Å². The zero-order valence-electron chi connectivity index (χ0n) is 9.62. The van der Waals surface area contributed by atoms with Crippen molar-refractivity contribution in [2.45, 2.75) is 26.1 Å². The molecule has 3 nitrogen and oxygen atoms in total. The molecule has 0 unspecified atom stereocenters. The van der Waals surface area contributed by atoms with Gasteiger partial charge < -0.3 is 14.6 Å². The van der Waals surface area contributed by atoms with E-state index in [4.69, 9.17) is 9.47 Å². The highest BCUT2D eigenvalue weighted by atomic mass is 16.5. The molecule has 0 aliphatic carbocycles. The smallest absolute Gasteiger partial charge is 0.131 e. The summed E-state index contributed by atoms with van der Waals surface area (Å²) in [6.45, 7) is 5.84. The maximum Gasteiger partial charge on any atom is 0.131 e. The average molecular weight is 220 g/mol. The maximum absolute atomic E-state index is 9.22. The number of benzene rings is 1. The topological polar surface area (TPSA) is 38.7 Å². The van der Waals surface area contributed by atoms with Crippen molar-refractivity contribution in [2.75, 3.05) is 7.11 Å². The number of aliphatic hydroxyl groups is 1. The molecule has 1 aliphatic heterocycles. The van der Waals surface area contributed by atoms with Crippen LogP contribution in [0.15, 0.2) is 24.3 Å². The fourth-order valence-corrected chi connectivity index (χ4v) is 2.00. The van der Waals surface area contributed by atoms with E-state index >= 15 is 0 Å². The van der Waals surface area contributed by atoms with Crippen LogP contribution in [0.4, 0.5) is 0 Å². The van der Waals surface area contributed by atoms with Gasteiger partial charge in [-0.3, -0.25) is 0 Å². The van der Waals surface area contributed by atoms with E-state index in [1.54, 1.807) is 7.11 Å². The highest BCUT2D eigenvalue weighted by Gasteiger charge is 2.27. The van der Waals surface area contributed by atoms with Gasteiger partial charge in [0.05, 0.1) is 13.7 Å². The fourth-order valence-electron chi connectivity index (χ4n) is 2.00. The number of fused-ring (bicyclic) bond motifs is 1. The Morgan fingerprint density at radius 3 is 2.94 bits per heavy atom. The van der Waals surface area contributed by atoms with Gasteiger partial charge in [-0.15, -0.1) is 0 Å². The third-order valence-corrected chi connectivity index (χ3v) is 2.88. The van der Waals surface area contributed by atoms with Crippen LogP contribution in [-0.4, -0.2) is 18.3 Å². The van der Waals surface area contributed by atoms with Crippen molar-refractivity contribution < 1.29 is 14.6 Å². The van der Waals surface area contributed by atoms with E-state index in [-0.39, 0.29) is 12.7 Å². The molecular formula is C13H16O3. The van der Waals surface area contributed by atoms with Gasteiger partial charge in [0.1, 0.15) is 17.6 Å². The highest BCUT2D eigenvalue weighted by Crippen LogP contribution is 2.39. The van der Waals surface area contributed by atoms with Gasteiger partial charge in [0.25, 0.3) is 0 Å². The van der Waals surface area contributed by atoms with Gasteiger partial charge in [-0.1, -0.05) is 6.58 Å². The molecular weight excluding hydrogens is 204 g/mol. The molecule has 86 valence electrons. The number of hydrogen-bond acceptors (Lipinski definition) is 3. The quantitative estimate of drug-likeness (QED) is 0.792. The molecule has 0 aromatic heterocycles. The predicted octanol–water partition coefficient (Wildman–Crippen LogP) is 2.07. The number of hydrogen-bond donors (Lipinski definition) is 1. The molecule has 0 amide bonds. The minimum Gasteiger partial charge on any atom is -0.496 e. The summed E-state index contributed by atoms with van der Waals surface area (Å²) >= 11 is 0. The molecule has 0 bridgehead atoms. The summed E-state index contributed by atoms with van der Waals surface area (Å²) in [5.41, 5.74) is 2.83. The molecule has 0 spiro atoms. The Labute approximate surface area is 95.3 Å². The Kier molecular flexibility index (Phi) is 2.88. The van der Waals surface area contributed by atoms with Gasteiger partial charge in [-0.2, -0.15) is 0 Å². The van der Waals surface area contributed by atoms with Gasteiger partial charge in [0, 0.05) is 17.5 Å². The van der Waals surface area contributed by atoms with Gasteiger partial charge >= 0.3 is 0 Å². The molecule has 0 radical (unpaired) electrons. The summed E-state index contributed by atoms with van der Waals surface area (Å²) in [5, 5.41) is 9.22. The van der Waals surface area contributed by atoms with Gasteiger partial charge in [-0.25, -0.2) is 0 Å². The molecule has 1 aliphatic rings. The normalized spacial score (nSPS) is 17.8. The second-order valence-corrected chi connectivity index (χ2v) is 4.05. The van der Waals surface area contributed by atoms with Crippen molar-refractivity contribution >= 4 is 0 Å². The Bertz CT molecular complexity index is 423. The van der Waals surface area contributed by atoms with E-state index in [0.29, 0.717) is 0 Å². The first-order valence-electron chi connectivity index (χ1n) is 5.29. The van der Waals surface area contributed by atoms with Crippen molar-refractivity contribution in [3.63, 3.8) is 0 Å². The highest BCUT2D eigenvalue weighted by molar-refractivity contribution is 5.53. The molecule has 1 atom stereocenters. The van der Waals surface area contributed by atoms with E-state index in [9.17, 15) is 5.11 Å². The minimum atomic E-state index is -0.0197. The average Bonchev–Trinajstić information content (AvgIpc) is 2.71. The van der Waals surface area contributed by atoms with Crippen LogP contribution in [0.1, 0.15) is 18.1 Å². The van der Waals surface area contributed by atoms with Crippen molar-refractivity contribution in [2.24, 2.45) is 0 Å². The van der Waals surface area contributed by atoms with Crippen LogP contribution >= 0.6 is 0 Å². The molecule has 1 aromatic rings. The van der Waals surface area contributed by atoms with Crippen LogP contribution in [-0.2, 0) is 13.0 Å². The van der Waals surface area contributed by atoms with Gasteiger partial charge in [-0.05, 0) is 24.6 Å². The second kappa shape index (κ2) is 4.18. The predicted molar refractivity (Wildman–Crippen MR) is 61.9 cm³/mol. The monoisotopic (exact) mass is 220 g/mol. The Balaban J connectivity index is 2.41. The van der Waals surface area contributed by atoms with Gasteiger partial charge in [0.2, 0.25) is 0 Å². The summed E-state index contributed by atoms with van der Waals surface area (Å²) in [4.78, 5) is 0. The zero-order chi connectivity index (χ0) is 11.7. The number of methoxy groups -OCH3 is 1. The molecule has 0 fully saturated rings. The van der Waals surface area contributed by atoms with Crippen molar-refractivity contribution in [3.8, 4) is 11.5 Å². The van der Waals surface area contributed by atoms with E-state index in [1.807, 2.05) is 19.1 Å². The lowest BCUT2D eigenvalue weighted by atomic mass is 10.0. The molecule has 16 heavy (non-hydrogen) atoms. The lowest BCUT2D eigenvalue weighted by Crippen LogP contribution is -2.13. The zero-order valence-corrected chi connectivity index (χ0v) is 9.62. The first-order chi connectivity index (χ1) is 7.67. The van der Waals surface area contributed by atoms with Crippen LogP contribution in [0, 0.1) is 0 Å². The van der Waals surface area contributed by atoms with Crippen molar-refractivity contribution in [1.29, 1.82) is 0 Å². The maximum atomic E-state index is 9.22. The summed E-state index contributed by atoms with van der Waals surface area (Å²) in [6.07, 6.45) is 0.791. The SMILES string of the molecule is C=C(C)[C@H]1Cc2c(ccc(CO)c2OC)O1. The van der Waals surface area contributed by atoms with Crippen LogP contribution in [0.25, 0.3) is 0 Å². The molecule has 1 N–H and O–H groups in total.